The summed E-state index contributed by atoms with van der Waals surface area (Å²) < 4.78 is 5.38. The number of hydrogen-bond donors (Lipinski definition) is 2. The maximum atomic E-state index is 5.38. The predicted octanol–water partition coefficient (Wildman–Crippen LogP) is 1.32. The third-order valence-electron chi connectivity index (χ3n) is 3.05. The number of nitrogens with zero attached hydrogens (tertiary/aromatic N) is 3. The van der Waals surface area contributed by atoms with E-state index in [1.54, 1.807) is 12.5 Å². The van der Waals surface area contributed by atoms with Crippen molar-refractivity contribution in [2.75, 3.05) is 18.5 Å². The zero-order valence-corrected chi connectivity index (χ0v) is 9.97. The van der Waals surface area contributed by atoms with Crippen molar-refractivity contribution in [3.05, 3.63) is 36.0 Å². The van der Waals surface area contributed by atoms with Gasteiger partial charge in [-0.05, 0) is 12.5 Å². The molecular weight excluding hydrogens is 230 g/mol. The highest BCUT2D eigenvalue weighted by molar-refractivity contribution is 5.36. The molecule has 1 atom stereocenters. The Morgan fingerprint density at radius 3 is 3.22 bits per heavy atom. The first kappa shape index (κ1) is 11.2. The Morgan fingerprint density at radius 2 is 2.44 bits per heavy atom. The van der Waals surface area contributed by atoms with E-state index in [4.69, 9.17) is 4.74 Å². The molecule has 2 aromatic rings. The number of rotatable bonds is 4. The van der Waals surface area contributed by atoms with Crippen molar-refractivity contribution in [1.82, 2.24) is 20.2 Å². The predicted molar refractivity (Wildman–Crippen MR) is 66.1 cm³/mol. The van der Waals surface area contributed by atoms with Crippen LogP contribution in [0, 0.1) is 0 Å². The van der Waals surface area contributed by atoms with E-state index < -0.39 is 0 Å². The van der Waals surface area contributed by atoms with Crippen LogP contribution in [0.1, 0.15) is 23.7 Å². The molecular formula is C12H15N5O. The summed E-state index contributed by atoms with van der Waals surface area (Å²) in [5.41, 5.74) is 2.08. The maximum Gasteiger partial charge on any atom is 0.129 e. The van der Waals surface area contributed by atoms with E-state index in [-0.39, 0.29) is 0 Å². The van der Waals surface area contributed by atoms with Crippen LogP contribution in [0.25, 0.3) is 0 Å². The normalized spacial score (nSPS) is 19.0. The quantitative estimate of drug-likeness (QED) is 0.849. The number of ether oxygens (including phenoxy) is 1. The molecule has 6 heteroatoms. The fourth-order valence-corrected chi connectivity index (χ4v) is 2.03. The van der Waals surface area contributed by atoms with Crippen molar-refractivity contribution in [2.24, 2.45) is 0 Å². The van der Waals surface area contributed by atoms with Crippen molar-refractivity contribution >= 4 is 5.82 Å². The van der Waals surface area contributed by atoms with Crippen LogP contribution in [0.5, 0.6) is 0 Å². The molecule has 2 N–H and O–H groups in total. The van der Waals surface area contributed by atoms with Crippen LogP contribution in [0.4, 0.5) is 5.82 Å². The lowest BCUT2D eigenvalue weighted by molar-refractivity contribution is 0.193. The van der Waals surface area contributed by atoms with E-state index in [2.05, 4.69) is 25.5 Å². The molecule has 2 aromatic heterocycles. The minimum atomic E-state index is 0.403. The molecule has 0 saturated carbocycles. The molecule has 0 aromatic carbocycles. The number of H-pyrrole nitrogens is 1. The second kappa shape index (κ2) is 5.14. The zero-order chi connectivity index (χ0) is 12.2. The Balaban J connectivity index is 1.66. The Labute approximate surface area is 105 Å². The highest BCUT2D eigenvalue weighted by atomic mass is 16.5. The van der Waals surface area contributed by atoms with E-state index in [0.717, 1.165) is 36.8 Å². The molecule has 0 amide bonds. The van der Waals surface area contributed by atoms with E-state index in [1.807, 2.05) is 12.1 Å². The second-order valence-corrected chi connectivity index (χ2v) is 4.32. The standard InChI is InChI=1S/C12H15N5O/c1-3-16-17-10(1)6-13-12-5-11(14-8-15-12)9-2-4-18-7-9/h1,3,5,8-9H,2,4,6-7H2,(H,16,17)(H,13,14,15)/t9-/m1/s1. The number of anilines is 1. The van der Waals surface area contributed by atoms with Crippen LogP contribution in [-0.2, 0) is 11.3 Å². The van der Waals surface area contributed by atoms with Gasteiger partial charge >= 0.3 is 0 Å². The van der Waals surface area contributed by atoms with Crippen molar-refractivity contribution in [3.63, 3.8) is 0 Å². The molecule has 6 nitrogen and oxygen atoms in total. The zero-order valence-electron chi connectivity index (χ0n) is 9.97. The van der Waals surface area contributed by atoms with Crippen LogP contribution in [0.3, 0.4) is 0 Å². The minimum Gasteiger partial charge on any atom is -0.381 e. The fourth-order valence-electron chi connectivity index (χ4n) is 2.03. The highest BCUT2D eigenvalue weighted by Crippen LogP contribution is 2.24. The summed E-state index contributed by atoms with van der Waals surface area (Å²) in [6.07, 6.45) is 4.37. The van der Waals surface area contributed by atoms with Gasteiger partial charge in [0.25, 0.3) is 0 Å². The molecule has 1 fully saturated rings. The summed E-state index contributed by atoms with van der Waals surface area (Å²) in [5.74, 6) is 1.24. The first-order valence-corrected chi connectivity index (χ1v) is 6.03. The topological polar surface area (TPSA) is 75.7 Å². The van der Waals surface area contributed by atoms with Crippen molar-refractivity contribution in [2.45, 2.75) is 18.9 Å². The van der Waals surface area contributed by atoms with E-state index in [9.17, 15) is 0 Å². The lowest BCUT2D eigenvalue weighted by Gasteiger charge is -2.09. The van der Waals surface area contributed by atoms with E-state index in [0.29, 0.717) is 12.5 Å². The summed E-state index contributed by atoms with van der Waals surface area (Å²) in [5, 5.41) is 10.0. The third-order valence-corrected chi connectivity index (χ3v) is 3.05. The Kier molecular flexibility index (Phi) is 3.18. The second-order valence-electron chi connectivity index (χ2n) is 4.32. The molecule has 0 radical (unpaired) electrons. The summed E-state index contributed by atoms with van der Waals surface area (Å²) in [7, 11) is 0. The summed E-state index contributed by atoms with van der Waals surface area (Å²) in [6, 6.07) is 3.93. The SMILES string of the molecule is c1cc(CNc2cc([C@@H]3CCOC3)ncn2)[nH]n1. The van der Waals surface area contributed by atoms with E-state index in [1.165, 1.54) is 0 Å². The average molecular weight is 245 g/mol. The number of hydrogen-bond acceptors (Lipinski definition) is 5. The van der Waals surface area contributed by atoms with Crippen LogP contribution in [0.2, 0.25) is 0 Å². The molecule has 1 aliphatic rings. The Bertz CT molecular complexity index is 493. The molecule has 94 valence electrons. The van der Waals surface area contributed by atoms with Gasteiger partial charge in [0, 0.05) is 24.8 Å². The van der Waals surface area contributed by atoms with Gasteiger partial charge in [0.15, 0.2) is 0 Å². The van der Waals surface area contributed by atoms with Crippen LogP contribution in [0.15, 0.2) is 24.7 Å². The number of aromatic amines is 1. The fraction of sp³-hybridized carbons (Fsp3) is 0.417. The Morgan fingerprint density at radius 1 is 1.44 bits per heavy atom. The molecule has 1 saturated heterocycles. The smallest absolute Gasteiger partial charge is 0.129 e. The van der Waals surface area contributed by atoms with Crippen molar-refractivity contribution < 1.29 is 4.74 Å². The molecule has 0 spiro atoms. The van der Waals surface area contributed by atoms with Gasteiger partial charge in [0.05, 0.1) is 24.5 Å². The molecule has 3 heterocycles. The molecule has 0 bridgehead atoms. The van der Waals surface area contributed by atoms with Crippen LogP contribution >= 0.6 is 0 Å². The summed E-state index contributed by atoms with van der Waals surface area (Å²) in [4.78, 5) is 8.53. The van der Waals surface area contributed by atoms with Crippen LogP contribution < -0.4 is 5.32 Å². The van der Waals surface area contributed by atoms with Gasteiger partial charge < -0.3 is 10.1 Å². The van der Waals surface area contributed by atoms with Gasteiger partial charge in [-0.3, -0.25) is 5.10 Å². The average Bonchev–Trinajstić information content (AvgIpc) is 3.10. The third kappa shape index (κ3) is 2.48. The Hall–Kier alpha value is -1.95. The number of nitrogens with one attached hydrogen (secondary N) is 2. The minimum absolute atomic E-state index is 0.403. The van der Waals surface area contributed by atoms with Gasteiger partial charge in [-0.2, -0.15) is 5.10 Å². The molecule has 0 unspecified atom stereocenters. The number of aromatic nitrogens is 4. The molecule has 0 aliphatic carbocycles. The maximum absolute atomic E-state index is 5.38. The summed E-state index contributed by atoms with van der Waals surface area (Å²) in [6.45, 7) is 2.26. The first-order valence-electron chi connectivity index (χ1n) is 6.03. The van der Waals surface area contributed by atoms with Gasteiger partial charge in [0.2, 0.25) is 0 Å². The van der Waals surface area contributed by atoms with Gasteiger partial charge in [-0.15, -0.1) is 0 Å². The molecule has 1 aliphatic heterocycles. The van der Waals surface area contributed by atoms with Crippen LogP contribution in [-0.4, -0.2) is 33.4 Å². The van der Waals surface area contributed by atoms with E-state index >= 15 is 0 Å². The van der Waals surface area contributed by atoms with Crippen molar-refractivity contribution in [3.8, 4) is 0 Å². The lowest BCUT2D eigenvalue weighted by Crippen LogP contribution is -2.06. The largest absolute Gasteiger partial charge is 0.381 e. The lowest BCUT2D eigenvalue weighted by atomic mass is 10.1. The van der Waals surface area contributed by atoms with Gasteiger partial charge in [-0.25, -0.2) is 9.97 Å². The van der Waals surface area contributed by atoms with Gasteiger partial charge in [0.1, 0.15) is 12.1 Å². The summed E-state index contributed by atoms with van der Waals surface area (Å²) >= 11 is 0. The molecule has 3 rings (SSSR count). The highest BCUT2D eigenvalue weighted by Gasteiger charge is 2.19. The molecule has 18 heavy (non-hydrogen) atoms. The first-order chi connectivity index (χ1) is 8.92. The van der Waals surface area contributed by atoms with Gasteiger partial charge in [-0.1, -0.05) is 0 Å². The monoisotopic (exact) mass is 245 g/mol. The van der Waals surface area contributed by atoms with Crippen molar-refractivity contribution in [1.29, 1.82) is 0 Å².